The molecule has 1 fully saturated rings. The molecule has 1 aliphatic heterocycles. The first-order valence-corrected chi connectivity index (χ1v) is 6.58. The molecule has 0 unspecified atom stereocenters. The van der Waals surface area contributed by atoms with Crippen LogP contribution >= 0.6 is 0 Å². The van der Waals surface area contributed by atoms with E-state index in [0.717, 1.165) is 37.0 Å². The van der Waals surface area contributed by atoms with Crippen molar-refractivity contribution >= 4 is 16.7 Å². The van der Waals surface area contributed by atoms with E-state index in [9.17, 15) is 4.79 Å². The summed E-state index contributed by atoms with van der Waals surface area (Å²) < 4.78 is 10.6. The van der Waals surface area contributed by atoms with Crippen LogP contribution in [0.5, 0.6) is 0 Å². The second-order valence-corrected chi connectivity index (χ2v) is 4.87. The topological polar surface area (TPSA) is 42.7 Å². The summed E-state index contributed by atoms with van der Waals surface area (Å²) in [5.74, 6) is 0. The summed E-state index contributed by atoms with van der Waals surface area (Å²) >= 11 is 0. The van der Waals surface area contributed by atoms with Crippen molar-refractivity contribution in [2.45, 2.75) is 18.9 Å². The SMILES string of the molecule is COC1CCN(c2cc(=O)oc3ccccc23)CC1. The number of rotatable bonds is 2. The summed E-state index contributed by atoms with van der Waals surface area (Å²) in [5.41, 5.74) is 1.34. The van der Waals surface area contributed by atoms with Gasteiger partial charge in [0.15, 0.2) is 0 Å². The van der Waals surface area contributed by atoms with Gasteiger partial charge >= 0.3 is 5.63 Å². The van der Waals surface area contributed by atoms with Crippen LogP contribution in [0, 0.1) is 0 Å². The number of ether oxygens (including phenoxy) is 1. The number of anilines is 1. The smallest absolute Gasteiger partial charge is 0.338 e. The Labute approximate surface area is 111 Å². The van der Waals surface area contributed by atoms with E-state index < -0.39 is 0 Å². The molecule has 0 saturated carbocycles. The van der Waals surface area contributed by atoms with Crippen LogP contribution in [0.15, 0.2) is 39.5 Å². The van der Waals surface area contributed by atoms with Crippen molar-refractivity contribution < 1.29 is 9.15 Å². The van der Waals surface area contributed by atoms with Crippen molar-refractivity contribution in [2.75, 3.05) is 25.1 Å². The van der Waals surface area contributed by atoms with Crippen molar-refractivity contribution in [3.05, 3.63) is 40.8 Å². The number of benzene rings is 1. The Bertz CT molecular complexity index is 627. The summed E-state index contributed by atoms with van der Waals surface area (Å²) in [6.45, 7) is 1.82. The average molecular weight is 259 g/mol. The lowest BCUT2D eigenvalue weighted by molar-refractivity contribution is 0.0819. The second kappa shape index (κ2) is 5.05. The number of fused-ring (bicyclic) bond motifs is 1. The van der Waals surface area contributed by atoms with E-state index in [0.29, 0.717) is 11.7 Å². The van der Waals surface area contributed by atoms with Gasteiger partial charge in [-0.2, -0.15) is 0 Å². The van der Waals surface area contributed by atoms with Crippen LogP contribution in [0.25, 0.3) is 11.0 Å². The van der Waals surface area contributed by atoms with E-state index in [2.05, 4.69) is 4.90 Å². The molecule has 4 heteroatoms. The highest BCUT2D eigenvalue weighted by atomic mass is 16.5. The van der Waals surface area contributed by atoms with Gasteiger partial charge in [0, 0.05) is 31.7 Å². The molecule has 4 nitrogen and oxygen atoms in total. The molecule has 100 valence electrons. The molecule has 0 spiro atoms. The van der Waals surface area contributed by atoms with Crippen LogP contribution in [0.4, 0.5) is 5.69 Å². The molecule has 0 aliphatic carbocycles. The number of hydrogen-bond donors (Lipinski definition) is 0. The molecule has 0 bridgehead atoms. The van der Waals surface area contributed by atoms with E-state index in [1.165, 1.54) is 0 Å². The quantitative estimate of drug-likeness (QED) is 0.777. The molecule has 0 radical (unpaired) electrons. The number of nitrogens with zero attached hydrogens (tertiary/aromatic N) is 1. The maximum Gasteiger partial charge on any atom is 0.338 e. The maximum absolute atomic E-state index is 11.6. The van der Waals surface area contributed by atoms with Gasteiger partial charge in [-0.3, -0.25) is 0 Å². The lowest BCUT2D eigenvalue weighted by Gasteiger charge is -2.33. The third-order valence-electron chi connectivity index (χ3n) is 3.74. The molecule has 0 amide bonds. The summed E-state index contributed by atoms with van der Waals surface area (Å²) in [4.78, 5) is 13.9. The van der Waals surface area contributed by atoms with Crippen LogP contribution in [-0.2, 0) is 4.74 Å². The van der Waals surface area contributed by atoms with E-state index in [-0.39, 0.29) is 5.63 Å². The Morgan fingerprint density at radius 2 is 2.00 bits per heavy atom. The molecule has 0 N–H and O–H groups in total. The normalized spacial score (nSPS) is 17.0. The van der Waals surface area contributed by atoms with Crippen molar-refractivity contribution in [3.63, 3.8) is 0 Å². The summed E-state index contributed by atoms with van der Waals surface area (Å²) in [5, 5.41) is 0.998. The third-order valence-corrected chi connectivity index (χ3v) is 3.74. The van der Waals surface area contributed by atoms with E-state index >= 15 is 0 Å². The van der Waals surface area contributed by atoms with E-state index in [4.69, 9.17) is 9.15 Å². The van der Waals surface area contributed by atoms with Gasteiger partial charge in [-0.05, 0) is 25.0 Å². The van der Waals surface area contributed by atoms with Crippen LogP contribution in [0.2, 0.25) is 0 Å². The number of methoxy groups -OCH3 is 1. The van der Waals surface area contributed by atoms with Gasteiger partial charge in [0.05, 0.1) is 11.8 Å². The zero-order chi connectivity index (χ0) is 13.2. The molecule has 3 rings (SSSR count). The minimum absolute atomic E-state index is 0.289. The monoisotopic (exact) mass is 259 g/mol. The molecule has 0 atom stereocenters. The largest absolute Gasteiger partial charge is 0.423 e. The van der Waals surface area contributed by atoms with Crippen molar-refractivity contribution in [1.29, 1.82) is 0 Å². The summed E-state index contributed by atoms with van der Waals surface area (Å²) in [7, 11) is 1.76. The Morgan fingerprint density at radius 1 is 1.26 bits per heavy atom. The van der Waals surface area contributed by atoms with Crippen LogP contribution < -0.4 is 10.5 Å². The lowest BCUT2D eigenvalue weighted by Crippen LogP contribution is -2.37. The highest BCUT2D eigenvalue weighted by Gasteiger charge is 2.20. The second-order valence-electron chi connectivity index (χ2n) is 4.87. The minimum Gasteiger partial charge on any atom is -0.423 e. The van der Waals surface area contributed by atoms with E-state index in [1.54, 1.807) is 13.2 Å². The maximum atomic E-state index is 11.6. The van der Waals surface area contributed by atoms with Gasteiger partial charge in [-0.15, -0.1) is 0 Å². The van der Waals surface area contributed by atoms with Gasteiger partial charge < -0.3 is 14.1 Å². The van der Waals surface area contributed by atoms with Crippen LogP contribution in [-0.4, -0.2) is 26.3 Å². The molecule has 19 heavy (non-hydrogen) atoms. The molecule has 2 aromatic rings. The molecule has 1 aromatic heterocycles. The first kappa shape index (κ1) is 12.2. The number of hydrogen-bond acceptors (Lipinski definition) is 4. The van der Waals surface area contributed by atoms with Crippen LogP contribution in [0.1, 0.15) is 12.8 Å². The minimum atomic E-state index is -0.289. The Balaban J connectivity index is 1.99. The zero-order valence-electron chi connectivity index (χ0n) is 11.0. The van der Waals surface area contributed by atoms with Crippen LogP contribution in [0.3, 0.4) is 0 Å². The number of para-hydroxylation sites is 1. The predicted octanol–water partition coefficient (Wildman–Crippen LogP) is 2.41. The molecular formula is C15H17NO3. The van der Waals surface area contributed by atoms with Gasteiger partial charge in [-0.25, -0.2) is 4.79 Å². The first-order chi connectivity index (χ1) is 9.28. The van der Waals surface area contributed by atoms with E-state index in [1.807, 2.05) is 24.3 Å². The Hall–Kier alpha value is -1.81. The highest BCUT2D eigenvalue weighted by Crippen LogP contribution is 2.27. The average Bonchev–Trinajstić information content (AvgIpc) is 2.46. The molecule has 1 saturated heterocycles. The fraction of sp³-hybridized carbons (Fsp3) is 0.400. The predicted molar refractivity (Wildman–Crippen MR) is 74.7 cm³/mol. The van der Waals surface area contributed by atoms with Crippen molar-refractivity contribution in [2.24, 2.45) is 0 Å². The van der Waals surface area contributed by atoms with Crippen molar-refractivity contribution in [1.82, 2.24) is 0 Å². The Kier molecular flexibility index (Phi) is 3.25. The zero-order valence-corrected chi connectivity index (χ0v) is 11.0. The first-order valence-electron chi connectivity index (χ1n) is 6.58. The van der Waals surface area contributed by atoms with Crippen molar-refractivity contribution in [3.8, 4) is 0 Å². The van der Waals surface area contributed by atoms with Gasteiger partial charge in [0.1, 0.15) is 5.58 Å². The molecule has 1 aliphatic rings. The number of piperidine rings is 1. The molecular weight excluding hydrogens is 242 g/mol. The fourth-order valence-corrected chi connectivity index (χ4v) is 2.69. The van der Waals surface area contributed by atoms with Gasteiger partial charge in [0.2, 0.25) is 0 Å². The van der Waals surface area contributed by atoms with Gasteiger partial charge in [-0.1, -0.05) is 12.1 Å². The lowest BCUT2D eigenvalue weighted by atomic mass is 10.1. The third kappa shape index (κ3) is 2.36. The standard InChI is InChI=1S/C15H17NO3/c1-18-11-6-8-16(9-7-11)13-10-15(17)19-14-5-3-2-4-12(13)14/h2-5,10-11H,6-9H2,1H3. The molecule has 1 aromatic carbocycles. The summed E-state index contributed by atoms with van der Waals surface area (Å²) in [6.07, 6.45) is 2.32. The Morgan fingerprint density at radius 3 is 2.74 bits per heavy atom. The highest BCUT2D eigenvalue weighted by molar-refractivity contribution is 5.90. The molecule has 2 heterocycles. The fourth-order valence-electron chi connectivity index (χ4n) is 2.69. The summed E-state index contributed by atoms with van der Waals surface area (Å²) in [6, 6.07) is 9.27. The van der Waals surface area contributed by atoms with Gasteiger partial charge in [0.25, 0.3) is 0 Å².